The lowest BCUT2D eigenvalue weighted by atomic mass is 10.4. The van der Waals surface area contributed by atoms with E-state index in [1.807, 2.05) is 13.8 Å². The molecule has 0 aromatic heterocycles. The molecule has 20 heavy (non-hydrogen) atoms. The fraction of sp³-hybridized carbons (Fsp3) is 0.750. The van der Waals surface area contributed by atoms with Crippen LogP contribution in [0.2, 0.25) is 0 Å². The molecule has 0 rings (SSSR count). The van der Waals surface area contributed by atoms with Crippen LogP contribution < -0.4 is 5.32 Å². The van der Waals surface area contributed by atoms with Crippen LogP contribution in [0.15, 0.2) is 0 Å². The highest BCUT2D eigenvalue weighted by Crippen LogP contribution is 1.98. The van der Waals surface area contributed by atoms with E-state index in [-0.39, 0.29) is 31.6 Å². The van der Waals surface area contributed by atoms with Crippen LogP contribution in [0.4, 0.5) is 4.79 Å². The summed E-state index contributed by atoms with van der Waals surface area (Å²) in [6, 6.07) is -0.544. The van der Waals surface area contributed by atoms with Gasteiger partial charge in [-0.1, -0.05) is 0 Å². The third-order valence-corrected chi connectivity index (χ3v) is 2.32. The molecule has 116 valence electrons. The number of hydrogen-bond donors (Lipinski definition) is 2. The highest BCUT2D eigenvalue weighted by atomic mass is 16.5. The van der Waals surface area contributed by atoms with E-state index in [0.717, 1.165) is 4.90 Å². The molecule has 0 radical (unpaired) electrons. The predicted molar refractivity (Wildman–Crippen MR) is 72.4 cm³/mol. The van der Waals surface area contributed by atoms with Gasteiger partial charge in [-0.2, -0.15) is 0 Å². The van der Waals surface area contributed by atoms with E-state index in [0.29, 0.717) is 0 Å². The van der Waals surface area contributed by atoms with Crippen molar-refractivity contribution in [2.75, 3.05) is 40.4 Å². The molecule has 2 N–H and O–H groups in total. The van der Waals surface area contributed by atoms with Gasteiger partial charge in [-0.3, -0.25) is 9.59 Å². The summed E-state index contributed by atoms with van der Waals surface area (Å²) in [4.78, 5) is 36.7. The Morgan fingerprint density at radius 2 is 1.85 bits per heavy atom. The summed E-state index contributed by atoms with van der Waals surface area (Å²) in [7, 11) is 2.91. The second-order valence-electron chi connectivity index (χ2n) is 4.67. The number of carbonyl (C=O) groups is 3. The van der Waals surface area contributed by atoms with Crippen molar-refractivity contribution >= 4 is 17.9 Å². The second-order valence-corrected chi connectivity index (χ2v) is 4.67. The van der Waals surface area contributed by atoms with Crippen LogP contribution in [0.25, 0.3) is 0 Å². The number of carboxylic acids is 1. The summed E-state index contributed by atoms with van der Waals surface area (Å²) in [5.74, 6) is -1.41. The summed E-state index contributed by atoms with van der Waals surface area (Å²) in [5.41, 5.74) is 0. The van der Waals surface area contributed by atoms with Crippen LogP contribution in [-0.4, -0.2) is 79.3 Å². The Balaban J connectivity index is 4.53. The first-order chi connectivity index (χ1) is 9.27. The van der Waals surface area contributed by atoms with Crippen LogP contribution in [0.5, 0.6) is 0 Å². The number of hydrogen-bond acceptors (Lipinski definition) is 4. The normalized spacial score (nSPS) is 10.2. The van der Waals surface area contributed by atoms with E-state index in [9.17, 15) is 14.4 Å². The number of aliphatic carboxylic acids is 1. The number of urea groups is 1. The van der Waals surface area contributed by atoms with E-state index < -0.39 is 18.5 Å². The molecular formula is C12H23N3O5. The van der Waals surface area contributed by atoms with Gasteiger partial charge in [0.15, 0.2) is 0 Å². The average molecular weight is 289 g/mol. The van der Waals surface area contributed by atoms with Crippen molar-refractivity contribution in [1.82, 2.24) is 15.1 Å². The minimum Gasteiger partial charge on any atom is -0.480 e. The van der Waals surface area contributed by atoms with E-state index in [4.69, 9.17) is 9.84 Å². The minimum absolute atomic E-state index is 0.0189. The fourth-order valence-corrected chi connectivity index (χ4v) is 1.50. The topological polar surface area (TPSA) is 99.2 Å². The van der Waals surface area contributed by atoms with E-state index >= 15 is 0 Å². The number of amides is 3. The van der Waals surface area contributed by atoms with E-state index in [2.05, 4.69) is 5.32 Å². The number of ether oxygens (including phenoxy) is 1. The van der Waals surface area contributed by atoms with E-state index in [1.165, 1.54) is 19.1 Å². The van der Waals surface area contributed by atoms with Crippen molar-refractivity contribution in [2.24, 2.45) is 0 Å². The maximum absolute atomic E-state index is 12.1. The van der Waals surface area contributed by atoms with Gasteiger partial charge in [0.05, 0.1) is 6.61 Å². The molecular weight excluding hydrogens is 266 g/mol. The van der Waals surface area contributed by atoms with Gasteiger partial charge in [-0.25, -0.2) is 4.79 Å². The van der Waals surface area contributed by atoms with Gasteiger partial charge in [-0.15, -0.1) is 0 Å². The summed E-state index contributed by atoms with van der Waals surface area (Å²) >= 11 is 0. The molecule has 0 aliphatic carbocycles. The Bertz CT molecular complexity index is 346. The number of nitrogens with zero attached hydrogens (tertiary/aromatic N) is 2. The molecule has 0 aliphatic heterocycles. The van der Waals surface area contributed by atoms with Crippen LogP contribution in [0.1, 0.15) is 13.8 Å². The summed E-state index contributed by atoms with van der Waals surface area (Å²) < 4.78 is 4.83. The van der Waals surface area contributed by atoms with Gasteiger partial charge in [0.1, 0.15) is 13.1 Å². The van der Waals surface area contributed by atoms with Gasteiger partial charge < -0.3 is 25.0 Å². The molecule has 3 amide bonds. The van der Waals surface area contributed by atoms with Gasteiger partial charge >= 0.3 is 12.0 Å². The first kappa shape index (κ1) is 18.2. The molecule has 8 heteroatoms. The number of likely N-dealkylation sites (N-methyl/N-ethyl adjacent to an activating group) is 1. The summed E-state index contributed by atoms with van der Waals surface area (Å²) in [5, 5.41) is 11.4. The number of carbonyl (C=O) groups excluding carboxylic acids is 2. The van der Waals surface area contributed by atoms with Gasteiger partial charge in [0.25, 0.3) is 0 Å². The molecule has 0 aromatic carbocycles. The number of rotatable bonds is 8. The third-order valence-electron chi connectivity index (χ3n) is 2.32. The van der Waals surface area contributed by atoms with Crippen molar-refractivity contribution in [1.29, 1.82) is 0 Å². The zero-order valence-corrected chi connectivity index (χ0v) is 12.4. The molecule has 0 heterocycles. The van der Waals surface area contributed by atoms with Gasteiger partial charge in [0, 0.05) is 26.7 Å². The molecule has 0 bridgehead atoms. The molecule has 0 fully saturated rings. The van der Waals surface area contributed by atoms with Crippen LogP contribution >= 0.6 is 0 Å². The average Bonchev–Trinajstić information content (AvgIpc) is 2.31. The first-order valence-corrected chi connectivity index (χ1v) is 6.28. The third kappa shape index (κ3) is 7.57. The Kier molecular flexibility index (Phi) is 8.30. The molecule has 0 atom stereocenters. The lowest BCUT2D eigenvalue weighted by Crippen LogP contribution is -2.48. The zero-order chi connectivity index (χ0) is 15.7. The molecule has 0 aromatic rings. The standard InChI is InChI=1S/C12H23N3O5/c1-9(2)13-10(16)7-14(3)12(19)15(5-6-20-4)8-11(17)18/h9H,5-8H2,1-4H3,(H,13,16)(H,17,18). The molecule has 0 saturated carbocycles. The molecule has 8 nitrogen and oxygen atoms in total. The Labute approximate surface area is 118 Å². The fourth-order valence-electron chi connectivity index (χ4n) is 1.50. The minimum atomic E-state index is -1.12. The monoisotopic (exact) mass is 289 g/mol. The van der Waals surface area contributed by atoms with Crippen molar-refractivity contribution in [3.63, 3.8) is 0 Å². The predicted octanol–water partition coefficient (Wildman–Crippen LogP) is -0.404. The van der Waals surface area contributed by atoms with Gasteiger partial charge in [0.2, 0.25) is 5.91 Å². The quantitative estimate of drug-likeness (QED) is 0.633. The highest BCUT2D eigenvalue weighted by Gasteiger charge is 2.21. The first-order valence-electron chi connectivity index (χ1n) is 6.28. The maximum Gasteiger partial charge on any atom is 0.323 e. The Morgan fingerprint density at radius 3 is 2.30 bits per heavy atom. The van der Waals surface area contributed by atoms with Crippen molar-refractivity contribution in [2.45, 2.75) is 19.9 Å². The van der Waals surface area contributed by atoms with Crippen LogP contribution in [0.3, 0.4) is 0 Å². The van der Waals surface area contributed by atoms with Crippen molar-refractivity contribution in [3.05, 3.63) is 0 Å². The molecule has 0 aliphatic rings. The Hall–Kier alpha value is -1.83. The summed E-state index contributed by atoms with van der Waals surface area (Å²) in [6.07, 6.45) is 0. The second kappa shape index (κ2) is 9.13. The number of carboxylic acid groups (broad SMARTS) is 1. The molecule has 0 saturated heterocycles. The van der Waals surface area contributed by atoms with Crippen LogP contribution in [-0.2, 0) is 14.3 Å². The number of methoxy groups -OCH3 is 1. The van der Waals surface area contributed by atoms with Gasteiger partial charge in [-0.05, 0) is 13.8 Å². The van der Waals surface area contributed by atoms with Crippen LogP contribution in [0, 0.1) is 0 Å². The SMILES string of the molecule is COCCN(CC(=O)O)C(=O)N(C)CC(=O)NC(C)C. The molecule has 0 spiro atoms. The smallest absolute Gasteiger partial charge is 0.323 e. The lowest BCUT2D eigenvalue weighted by molar-refractivity contribution is -0.137. The summed E-state index contributed by atoms with van der Waals surface area (Å²) in [6.45, 7) is 3.45. The van der Waals surface area contributed by atoms with Crippen molar-refractivity contribution in [3.8, 4) is 0 Å². The lowest BCUT2D eigenvalue weighted by Gasteiger charge is -2.26. The Morgan fingerprint density at radius 1 is 1.25 bits per heavy atom. The zero-order valence-electron chi connectivity index (χ0n) is 12.4. The number of nitrogens with one attached hydrogen (secondary N) is 1. The maximum atomic E-state index is 12.1. The highest BCUT2D eigenvalue weighted by molar-refractivity contribution is 5.85. The molecule has 0 unspecified atom stereocenters. The van der Waals surface area contributed by atoms with E-state index in [1.54, 1.807) is 0 Å². The largest absolute Gasteiger partial charge is 0.480 e. The van der Waals surface area contributed by atoms with Crippen molar-refractivity contribution < 1.29 is 24.2 Å².